The molecule has 1 aromatic rings. The standard InChI is InChI=1S/C19H26INO4/c1-19(2,3)25-18(23)21-16(12-13-8-10-14(20)11-9-13)17(22)24-15-6-4-5-7-15/h8-11,15-16H,4-7,12H2,1-3H3,(H,21,23)/t16-/m0/s1. The summed E-state index contributed by atoms with van der Waals surface area (Å²) in [6.07, 6.45) is 3.70. The number of ether oxygens (including phenoxy) is 2. The third-order valence-electron chi connectivity index (χ3n) is 3.91. The highest BCUT2D eigenvalue weighted by Crippen LogP contribution is 2.22. The number of carbonyl (C=O) groups is 2. The van der Waals surface area contributed by atoms with Crippen molar-refractivity contribution in [2.45, 2.75) is 70.6 Å². The number of halogens is 1. The van der Waals surface area contributed by atoms with Crippen LogP contribution in [-0.4, -0.2) is 29.8 Å². The highest BCUT2D eigenvalue weighted by molar-refractivity contribution is 14.1. The number of amides is 1. The van der Waals surface area contributed by atoms with Crippen molar-refractivity contribution in [1.29, 1.82) is 0 Å². The second kappa shape index (κ2) is 8.87. The average molecular weight is 459 g/mol. The van der Waals surface area contributed by atoms with Gasteiger partial charge in [-0.25, -0.2) is 9.59 Å². The summed E-state index contributed by atoms with van der Waals surface area (Å²) in [5, 5.41) is 2.67. The summed E-state index contributed by atoms with van der Waals surface area (Å²) in [4.78, 5) is 24.7. The van der Waals surface area contributed by atoms with Crippen molar-refractivity contribution in [2.24, 2.45) is 0 Å². The molecule has 138 valence electrons. The summed E-state index contributed by atoms with van der Waals surface area (Å²) >= 11 is 2.23. The Morgan fingerprint density at radius 3 is 2.36 bits per heavy atom. The summed E-state index contributed by atoms with van der Waals surface area (Å²) in [6, 6.07) is 7.10. The van der Waals surface area contributed by atoms with Crippen molar-refractivity contribution in [3.63, 3.8) is 0 Å². The van der Waals surface area contributed by atoms with Crippen LogP contribution in [0.3, 0.4) is 0 Å². The maximum Gasteiger partial charge on any atom is 0.408 e. The summed E-state index contributed by atoms with van der Waals surface area (Å²) in [7, 11) is 0. The summed E-state index contributed by atoms with van der Waals surface area (Å²) in [6.45, 7) is 5.37. The minimum Gasteiger partial charge on any atom is -0.461 e. The second-order valence-corrected chi connectivity index (χ2v) is 8.62. The van der Waals surface area contributed by atoms with Gasteiger partial charge < -0.3 is 14.8 Å². The fourth-order valence-electron chi connectivity index (χ4n) is 2.75. The number of carbonyl (C=O) groups excluding carboxylic acids is 2. The largest absolute Gasteiger partial charge is 0.461 e. The molecule has 1 amide bonds. The van der Waals surface area contributed by atoms with Crippen LogP contribution in [0.5, 0.6) is 0 Å². The van der Waals surface area contributed by atoms with E-state index in [1.165, 1.54) is 0 Å². The first kappa shape index (κ1) is 20.0. The number of rotatable bonds is 5. The zero-order valence-electron chi connectivity index (χ0n) is 15.0. The number of esters is 1. The molecule has 5 nitrogen and oxygen atoms in total. The van der Waals surface area contributed by atoms with Gasteiger partial charge in [0.25, 0.3) is 0 Å². The highest BCUT2D eigenvalue weighted by Gasteiger charge is 2.28. The smallest absolute Gasteiger partial charge is 0.408 e. The van der Waals surface area contributed by atoms with E-state index in [9.17, 15) is 9.59 Å². The minimum absolute atomic E-state index is 0.0350. The van der Waals surface area contributed by atoms with Crippen molar-refractivity contribution < 1.29 is 19.1 Å². The van der Waals surface area contributed by atoms with Crippen molar-refractivity contribution >= 4 is 34.7 Å². The Morgan fingerprint density at radius 1 is 1.20 bits per heavy atom. The predicted molar refractivity (Wildman–Crippen MR) is 104 cm³/mol. The lowest BCUT2D eigenvalue weighted by atomic mass is 10.1. The Bertz CT molecular complexity index is 588. The third-order valence-corrected chi connectivity index (χ3v) is 4.63. The molecule has 1 fully saturated rings. The van der Waals surface area contributed by atoms with Crippen LogP contribution in [-0.2, 0) is 20.7 Å². The average Bonchev–Trinajstić information content (AvgIpc) is 2.99. The molecule has 6 heteroatoms. The Morgan fingerprint density at radius 2 is 1.80 bits per heavy atom. The van der Waals surface area contributed by atoms with Crippen LogP contribution in [0.1, 0.15) is 52.0 Å². The lowest BCUT2D eigenvalue weighted by molar-refractivity contribution is -0.151. The van der Waals surface area contributed by atoms with E-state index in [1.807, 2.05) is 24.3 Å². The lowest BCUT2D eigenvalue weighted by Gasteiger charge is -2.24. The molecule has 0 saturated heterocycles. The SMILES string of the molecule is CC(C)(C)OC(=O)N[C@@H](Cc1ccc(I)cc1)C(=O)OC1CCCC1. The first-order valence-electron chi connectivity index (χ1n) is 8.67. The van der Waals surface area contributed by atoms with Gasteiger partial charge in [-0.05, 0) is 86.7 Å². The van der Waals surface area contributed by atoms with Crippen molar-refractivity contribution in [2.75, 3.05) is 0 Å². The quantitative estimate of drug-likeness (QED) is 0.529. The van der Waals surface area contributed by atoms with E-state index in [0.29, 0.717) is 6.42 Å². The molecule has 0 aliphatic heterocycles. The maximum absolute atomic E-state index is 12.6. The van der Waals surface area contributed by atoms with E-state index in [0.717, 1.165) is 34.8 Å². The molecule has 0 spiro atoms. The fourth-order valence-corrected chi connectivity index (χ4v) is 3.11. The van der Waals surface area contributed by atoms with E-state index in [-0.39, 0.29) is 6.10 Å². The Balaban J connectivity index is 2.04. The van der Waals surface area contributed by atoms with Crippen LogP contribution in [0, 0.1) is 3.57 Å². The first-order chi connectivity index (χ1) is 11.7. The zero-order valence-corrected chi connectivity index (χ0v) is 17.2. The molecule has 0 heterocycles. The van der Waals surface area contributed by atoms with Crippen molar-refractivity contribution in [3.8, 4) is 0 Å². The molecule has 1 atom stereocenters. The van der Waals surface area contributed by atoms with Gasteiger partial charge in [0.1, 0.15) is 17.7 Å². The normalized spacial score (nSPS) is 16.3. The zero-order chi connectivity index (χ0) is 18.4. The molecule has 1 aliphatic rings. The Labute approximate surface area is 163 Å². The van der Waals surface area contributed by atoms with Crippen LogP contribution < -0.4 is 5.32 Å². The molecule has 0 radical (unpaired) electrons. The van der Waals surface area contributed by atoms with Gasteiger partial charge in [-0.1, -0.05) is 12.1 Å². The monoisotopic (exact) mass is 459 g/mol. The van der Waals surface area contributed by atoms with Gasteiger partial charge >= 0.3 is 12.1 Å². The van der Waals surface area contributed by atoms with Gasteiger partial charge in [0, 0.05) is 9.99 Å². The molecule has 25 heavy (non-hydrogen) atoms. The Kier molecular flexibility index (Phi) is 7.10. The molecule has 1 saturated carbocycles. The first-order valence-corrected chi connectivity index (χ1v) is 9.75. The van der Waals surface area contributed by atoms with Gasteiger partial charge in [0.2, 0.25) is 0 Å². The van der Waals surface area contributed by atoms with Crippen LogP contribution in [0.15, 0.2) is 24.3 Å². The molecular weight excluding hydrogens is 433 g/mol. The highest BCUT2D eigenvalue weighted by atomic mass is 127. The predicted octanol–water partition coefficient (Wildman–Crippen LogP) is 4.21. The van der Waals surface area contributed by atoms with Crippen LogP contribution in [0.4, 0.5) is 4.79 Å². The molecule has 1 aromatic carbocycles. The van der Waals surface area contributed by atoms with E-state index < -0.39 is 23.7 Å². The molecule has 0 aromatic heterocycles. The van der Waals surface area contributed by atoms with Gasteiger partial charge in [-0.15, -0.1) is 0 Å². The van der Waals surface area contributed by atoms with E-state index in [1.54, 1.807) is 20.8 Å². The molecule has 0 bridgehead atoms. The van der Waals surface area contributed by atoms with E-state index >= 15 is 0 Å². The third kappa shape index (κ3) is 7.22. The summed E-state index contributed by atoms with van der Waals surface area (Å²) in [5.41, 5.74) is 0.345. The van der Waals surface area contributed by atoms with Gasteiger partial charge in [0.15, 0.2) is 0 Å². The van der Waals surface area contributed by atoms with Crippen molar-refractivity contribution in [3.05, 3.63) is 33.4 Å². The Hall–Kier alpha value is -1.31. The minimum atomic E-state index is -0.754. The summed E-state index contributed by atoms with van der Waals surface area (Å²) < 4.78 is 12.0. The summed E-state index contributed by atoms with van der Waals surface area (Å²) in [5.74, 6) is -0.392. The van der Waals surface area contributed by atoms with Crippen LogP contribution >= 0.6 is 22.6 Å². The molecule has 1 aliphatic carbocycles. The van der Waals surface area contributed by atoms with Gasteiger partial charge in [-0.3, -0.25) is 0 Å². The molecular formula is C19H26INO4. The van der Waals surface area contributed by atoms with Crippen molar-refractivity contribution in [1.82, 2.24) is 5.32 Å². The topological polar surface area (TPSA) is 64.6 Å². The number of alkyl carbamates (subject to hydrolysis) is 1. The van der Waals surface area contributed by atoms with E-state index in [4.69, 9.17) is 9.47 Å². The molecule has 2 rings (SSSR count). The number of benzene rings is 1. The second-order valence-electron chi connectivity index (χ2n) is 7.37. The van der Waals surface area contributed by atoms with E-state index in [2.05, 4.69) is 27.9 Å². The van der Waals surface area contributed by atoms with Gasteiger partial charge in [-0.2, -0.15) is 0 Å². The number of hydrogen-bond donors (Lipinski definition) is 1. The van der Waals surface area contributed by atoms with Crippen LogP contribution in [0.25, 0.3) is 0 Å². The number of nitrogens with one attached hydrogen (secondary N) is 1. The van der Waals surface area contributed by atoms with Gasteiger partial charge in [0.05, 0.1) is 0 Å². The fraction of sp³-hybridized carbons (Fsp3) is 0.579. The van der Waals surface area contributed by atoms with Crippen LogP contribution in [0.2, 0.25) is 0 Å². The molecule has 0 unspecified atom stereocenters. The maximum atomic E-state index is 12.6. The number of hydrogen-bond acceptors (Lipinski definition) is 4. The molecule has 1 N–H and O–H groups in total. The lowest BCUT2D eigenvalue weighted by Crippen LogP contribution is -2.46.